The molecule has 0 saturated carbocycles. The van der Waals surface area contributed by atoms with Crippen molar-refractivity contribution in [2.75, 3.05) is 16.8 Å². The van der Waals surface area contributed by atoms with Crippen LogP contribution in [0.15, 0.2) is 47.4 Å². The van der Waals surface area contributed by atoms with Crippen LogP contribution in [0, 0.1) is 12.7 Å². The normalized spacial score (nSPS) is 10.3. The van der Waals surface area contributed by atoms with Crippen LogP contribution in [0.2, 0.25) is 0 Å². The fourth-order valence-corrected chi connectivity index (χ4v) is 2.42. The number of rotatable bonds is 4. The summed E-state index contributed by atoms with van der Waals surface area (Å²) in [5, 5.41) is 2.70. The number of hydrogen-bond acceptors (Lipinski definition) is 3. The van der Waals surface area contributed by atoms with Crippen molar-refractivity contribution in [1.29, 1.82) is 0 Å². The van der Waals surface area contributed by atoms with Gasteiger partial charge in [0.2, 0.25) is 5.91 Å². The molecule has 0 aliphatic rings. The first-order valence-corrected chi connectivity index (χ1v) is 7.07. The first kappa shape index (κ1) is 14.4. The second-order valence-electron chi connectivity index (χ2n) is 4.39. The summed E-state index contributed by atoms with van der Waals surface area (Å²) in [7, 11) is 0. The molecule has 0 bridgehead atoms. The molecule has 0 atom stereocenters. The summed E-state index contributed by atoms with van der Waals surface area (Å²) in [4.78, 5) is 12.7. The Morgan fingerprint density at radius 1 is 1.25 bits per heavy atom. The highest BCUT2D eigenvalue weighted by Crippen LogP contribution is 2.25. The van der Waals surface area contributed by atoms with Crippen LogP contribution in [0.5, 0.6) is 0 Å². The molecule has 2 aromatic rings. The first-order valence-electron chi connectivity index (χ1n) is 6.09. The molecule has 0 aliphatic heterocycles. The molecule has 0 unspecified atom stereocenters. The number of nitrogen functional groups attached to an aromatic ring is 1. The largest absolute Gasteiger partial charge is 0.398 e. The van der Waals surface area contributed by atoms with E-state index in [1.807, 2.05) is 25.1 Å². The van der Waals surface area contributed by atoms with Crippen molar-refractivity contribution in [1.82, 2.24) is 0 Å². The van der Waals surface area contributed by atoms with Crippen molar-refractivity contribution >= 4 is 29.0 Å². The minimum Gasteiger partial charge on any atom is -0.398 e. The number of aryl methyl sites for hydroxylation is 1. The van der Waals surface area contributed by atoms with Crippen molar-refractivity contribution in [3.63, 3.8) is 0 Å². The molecule has 0 saturated heterocycles. The van der Waals surface area contributed by atoms with Gasteiger partial charge in [-0.1, -0.05) is 6.07 Å². The fourth-order valence-electron chi connectivity index (χ4n) is 1.67. The van der Waals surface area contributed by atoms with E-state index in [0.29, 0.717) is 11.4 Å². The number of halogens is 1. The highest BCUT2D eigenvalue weighted by molar-refractivity contribution is 8.00. The van der Waals surface area contributed by atoms with E-state index < -0.39 is 0 Å². The van der Waals surface area contributed by atoms with Gasteiger partial charge in [-0.15, -0.1) is 11.8 Å². The number of hydrogen-bond donors (Lipinski definition) is 2. The van der Waals surface area contributed by atoms with Gasteiger partial charge in [-0.25, -0.2) is 4.39 Å². The Morgan fingerprint density at radius 3 is 2.60 bits per heavy atom. The molecular formula is C15H15FN2OS. The zero-order chi connectivity index (χ0) is 14.5. The van der Waals surface area contributed by atoms with Gasteiger partial charge in [0.15, 0.2) is 0 Å². The molecule has 0 radical (unpaired) electrons. The van der Waals surface area contributed by atoms with E-state index in [1.165, 1.54) is 36.0 Å². The molecule has 0 aliphatic carbocycles. The third kappa shape index (κ3) is 3.99. The number of thioether (sulfide) groups is 1. The minimum absolute atomic E-state index is 0.151. The second-order valence-corrected chi connectivity index (χ2v) is 5.40. The third-order valence-electron chi connectivity index (χ3n) is 2.65. The monoisotopic (exact) mass is 290 g/mol. The lowest BCUT2D eigenvalue weighted by molar-refractivity contribution is -0.113. The number of nitrogens with two attached hydrogens (primary N) is 1. The molecular weight excluding hydrogens is 275 g/mol. The van der Waals surface area contributed by atoms with Gasteiger partial charge in [-0.2, -0.15) is 0 Å². The Hall–Kier alpha value is -2.01. The van der Waals surface area contributed by atoms with E-state index in [1.54, 1.807) is 0 Å². The van der Waals surface area contributed by atoms with Gasteiger partial charge in [-0.05, 0) is 48.9 Å². The smallest absolute Gasteiger partial charge is 0.234 e. The molecule has 20 heavy (non-hydrogen) atoms. The summed E-state index contributed by atoms with van der Waals surface area (Å²) < 4.78 is 12.7. The van der Waals surface area contributed by atoms with E-state index in [0.717, 1.165) is 10.5 Å². The quantitative estimate of drug-likeness (QED) is 0.670. The average Bonchev–Trinajstić information content (AvgIpc) is 2.40. The van der Waals surface area contributed by atoms with E-state index in [-0.39, 0.29) is 17.5 Å². The second kappa shape index (κ2) is 6.43. The molecule has 104 valence electrons. The summed E-state index contributed by atoms with van der Waals surface area (Å²) in [5.41, 5.74) is 8.22. The molecule has 0 spiro atoms. The minimum atomic E-state index is -0.329. The van der Waals surface area contributed by atoms with Gasteiger partial charge in [0.1, 0.15) is 5.82 Å². The van der Waals surface area contributed by atoms with Crippen LogP contribution in [0.1, 0.15) is 5.56 Å². The van der Waals surface area contributed by atoms with Gasteiger partial charge in [0, 0.05) is 16.3 Å². The summed E-state index contributed by atoms with van der Waals surface area (Å²) in [6, 6.07) is 11.4. The molecule has 0 heterocycles. The number of carbonyl (C=O) groups excluding carboxylic acids is 1. The topological polar surface area (TPSA) is 55.1 Å². The van der Waals surface area contributed by atoms with Gasteiger partial charge in [0.25, 0.3) is 0 Å². The third-order valence-corrected chi connectivity index (χ3v) is 3.74. The first-order chi connectivity index (χ1) is 9.54. The molecule has 1 amide bonds. The van der Waals surface area contributed by atoms with Gasteiger partial charge >= 0.3 is 0 Å². The van der Waals surface area contributed by atoms with E-state index >= 15 is 0 Å². The number of benzene rings is 2. The molecule has 0 aromatic heterocycles. The summed E-state index contributed by atoms with van der Waals surface area (Å²) in [5.74, 6) is -0.226. The van der Waals surface area contributed by atoms with E-state index in [9.17, 15) is 9.18 Å². The van der Waals surface area contributed by atoms with E-state index in [2.05, 4.69) is 5.32 Å². The van der Waals surface area contributed by atoms with Crippen LogP contribution in [0.3, 0.4) is 0 Å². The SMILES string of the molecule is Cc1ccc(SCC(=O)Nc2ccc(F)cc2)c(N)c1. The van der Waals surface area contributed by atoms with Crippen LogP contribution in [0.25, 0.3) is 0 Å². The summed E-state index contributed by atoms with van der Waals surface area (Å²) >= 11 is 1.38. The van der Waals surface area contributed by atoms with Crippen LogP contribution in [-0.2, 0) is 4.79 Å². The lowest BCUT2D eigenvalue weighted by Crippen LogP contribution is -2.14. The molecule has 2 rings (SSSR count). The predicted octanol–water partition coefficient (Wildman–Crippen LogP) is 3.45. The highest BCUT2D eigenvalue weighted by atomic mass is 32.2. The summed E-state index contributed by atoms with van der Waals surface area (Å²) in [6.45, 7) is 1.96. The van der Waals surface area contributed by atoms with E-state index in [4.69, 9.17) is 5.73 Å². The van der Waals surface area contributed by atoms with Crippen molar-refractivity contribution in [2.24, 2.45) is 0 Å². The van der Waals surface area contributed by atoms with Crippen LogP contribution in [-0.4, -0.2) is 11.7 Å². The molecule has 5 heteroatoms. The molecule has 3 nitrogen and oxygen atoms in total. The maximum absolute atomic E-state index is 12.7. The Morgan fingerprint density at radius 2 is 1.95 bits per heavy atom. The van der Waals surface area contributed by atoms with Crippen LogP contribution in [0.4, 0.5) is 15.8 Å². The Kier molecular flexibility index (Phi) is 4.63. The van der Waals surface area contributed by atoms with Crippen LogP contribution < -0.4 is 11.1 Å². The van der Waals surface area contributed by atoms with Gasteiger partial charge in [0.05, 0.1) is 5.75 Å². The van der Waals surface area contributed by atoms with Crippen LogP contribution >= 0.6 is 11.8 Å². The average molecular weight is 290 g/mol. The van der Waals surface area contributed by atoms with Crippen molar-refractivity contribution in [3.8, 4) is 0 Å². The maximum atomic E-state index is 12.7. The standard InChI is InChI=1S/C15H15FN2OS/c1-10-2-7-14(13(17)8-10)20-9-15(19)18-12-5-3-11(16)4-6-12/h2-8H,9,17H2,1H3,(H,18,19). The fraction of sp³-hybridized carbons (Fsp3) is 0.133. The zero-order valence-electron chi connectivity index (χ0n) is 11.0. The Balaban J connectivity index is 1.90. The van der Waals surface area contributed by atoms with Crippen molar-refractivity contribution in [2.45, 2.75) is 11.8 Å². The molecule has 0 fully saturated rings. The Bertz CT molecular complexity index is 614. The van der Waals surface area contributed by atoms with Gasteiger partial charge < -0.3 is 11.1 Å². The summed E-state index contributed by atoms with van der Waals surface area (Å²) in [6.07, 6.45) is 0. The molecule has 2 aromatic carbocycles. The van der Waals surface area contributed by atoms with Crippen molar-refractivity contribution < 1.29 is 9.18 Å². The Labute approximate surface area is 121 Å². The maximum Gasteiger partial charge on any atom is 0.234 e. The number of amides is 1. The number of anilines is 2. The highest BCUT2D eigenvalue weighted by Gasteiger charge is 2.06. The lowest BCUT2D eigenvalue weighted by atomic mass is 10.2. The lowest BCUT2D eigenvalue weighted by Gasteiger charge is -2.07. The predicted molar refractivity (Wildman–Crippen MR) is 81.3 cm³/mol. The number of carbonyl (C=O) groups is 1. The molecule has 3 N–H and O–H groups in total. The zero-order valence-corrected chi connectivity index (χ0v) is 11.8. The number of nitrogens with one attached hydrogen (secondary N) is 1. The van der Waals surface area contributed by atoms with Crippen molar-refractivity contribution in [3.05, 3.63) is 53.8 Å². The van der Waals surface area contributed by atoms with Gasteiger partial charge in [-0.3, -0.25) is 4.79 Å².